The van der Waals surface area contributed by atoms with Crippen LogP contribution in [0.2, 0.25) is 0 Å². The number of likely N-dealkylation sites (N-methyl/N-ethyl adjacent to an activating group) is 1. The van der Waals surface area contributed by atoms with Gasteiger partial charge in [0.2, 0.25) is 5.91 Å². The summed E-state index contributed by atoms with van der Waals surface area (Å²) in [5.41, 5.74) is 0. The quantitative estimate of drug-likeness (QED) is 0.0347. The summed E-state index contributed by atoms with van der Waals surface area (Å²) in [6.07, 6.45) is 33.1. The summed E-state index contributed by atoms with van der Waals surface area (Å²) in [7, 11) is 1.52. The fourth-order valence-corrected chi connectivity index (χ4v) is 4.75. The Balaban J connectivity index is 4.57. The van der Waals surface area contributed by atoms with Gasteiger partial charge in [0.15, 0.2) is 0 Å². The number of hydrogen-bond acceptors (Lipinski definition) is 5. The highest BCUT2D eigenvalue weighted by Crippen LogP contribution is 2.43. The molecular formula is C35H64N2O6P+. The second-order valence-electron chi connectivity index (χ2n) is 12.1. The normalized spacial score (nSPS) is 15.7. The maximum atomic E-state index is 12.7. The lowest BCUT2D eigenvalue weighted by atomic mass is 10.1. The number of nitrogens with zero attached hydrogens (tertiary/aromatic N) is 1. The van der Waals surface area contributed by atoms with Gasteiger partial charge in [0.1, 0.15) is 13.2 Å². The molecule has 254 valence electrons. The van der Waals surface area contributed by atoms with Crippen molar-refractivity contribution in [3.8, 4) is 0 Å². The Labute approximate surface area is 269 Å². The van der Waals surface area contributed by atoms with E-state index < -0.39 is 20.0 Å². The molecule has 44 heavy (non-hydrogen) atoms. The van der Waals surface area contributed by atoms with E-state index in [0.717, 1.165) is 83.5 Å². The van der Waals surface area contributed by atoms with Crippen LogP contribution >= 0.6 is 7.82 Å². The zero-order valence-electron chi connectivity index (χ0n) is 28.4. The lowest BCUT2D eigenvalue weighted by Gasteiger charge is -2.25. The van der Waals surface area contributed by atoms with Crippen LogP contribution in [0.3, 0.4) is 0 Å². The summed E-state index contributed by atoms with van der Waals surface area (Å²) in [6, 6.07) is -0.869. The first-order valence-electron chi connectivity index (χ1n) is 16.7. The Hall–Kier alpha value is -1.80. The number of amides is 1. The van der Waals surface area contributed by atoms with Crippen LogP contribution in [0.4, 0.5) is 0 Å². The van der Waals surface area contributed by atoms with Crippen LogP contribution in [0.25, 0.3) is 0 Å². The molecule has 8 nitrogen and oxygen atoms in total. The predicted octanol–water partition coefficient (Wildman–Crippen LogP) is 7.95. The molecule has 0 fully saturated rings. The largest absolute Gasteiger partial charge is 0.472 e. The molecule has 0 saturated heterocycles. The summed E-state index contributed by atoms with van der Waals surface area (Å²) in [5, 5.41) is 13.6. The van der Waals surface area contributed by atoms with Gasteiger partial charge < -0.3 is 19.8 Å². The van der Waals surface area contributed by atoms with Crippen molar-refractivity contribution in [1.82, 2.24) is 5.32 Å². The Morgan fingerprint density at radius 2 is 1.39 bits per heavy atom. The fraction of sp³-hybridized carbons (Fsp3) is 0.686. The number of phosphoric acid groups is 1. The van der Waals surface area contributed by atoms with Crippen molar-refractivity contribution < 1.29 is 32.9 Å². The zero-order chi connectivity index (χ0) is 32.9. The van der Waals surface area contributed by atoms with E-state index in [-0.39, 0.29) is 19.1 Å². The summed E-state index contributed by atoms with van der Waals surface area (Å²) >= 11 is 0. The van der Waals surface area contributed by atoms with Crippen LogP contribution in [0.1, 0.15) is 104 Å². The van der Waals surface area contributed by atoms with Crippen molar-refractivity contribution in [3.63, 3.8) is 0 Å². The highest BCUT2D eigenvalue weighted by Gasteiger charge is 2.27. The first-order valence-corrected chi connectivity index (χ1v) is 18.2. The average molecular weight is 640 g/mol. The minimum absolute atomic E-state index is 0.0487. The van der Waals surface area contributed by atoms with Crippen LogP contribution in [-0.2, 0) is 18.4 Å². The fourth-order valence-electron chi connectivity index (χ4n) is 4.02. The molecule has 9 heteroatoms. The molecule has 0 heterocycles. The van der Waals surface area contributed by atoms with Gasteiger partial charge in [-0.15, -0.1) is 0 Å². The topological polar surface area (TPSA) is 105 Å². The monoisotopic (exact) mass is 639 g/mol. The minimum atomic E-state index is -4.33. The smallest absolute Gasteiger partial charge is 0.387 e. The molecule has 0 bridgehead atoms. The molecular weight excluding hydrogens is 575 g/mol. The molecule has 3 N–H and O–H groups in total. The number of nitrogens with one attached hydrogen (secondary N) is 1. The lowest BCUT2D eigenvalue weighted by Crippen LogP contribution is -2.45. The minimum Gasteiger partial charge on any atom is -0.387 e. The van der Waals surface area contributed by atoms with Gasteiger partial charge in [-0.25, -0.2) is 4.57 Å². The number of carbonyl (C=O) groups is 1. The Kier molecular flexibility index (Phi) is 26.4. The molecule has 0 aliphatic rings. The van der Waals surface area contributed by atoms with Crippen molar-refractivity contribution in [3.05, 3.63) is 60.8 Å². The molecule has 1 amide bonds. The van der Waals surface area contributed by atoms with Crippen molar-refractivity contribution in [2.24, 2.45) is 0 Å². The van der Waals surface area contributed by atoms with Gasteiger partial charge in [-0.2, -0.15) is 0 Å². The molecule has 0 saturated carbocycles. The van der Waals surface area contributed by atoms with Gasteiger partial charge in [0.25, 0.3) is 0 Å². The number of rotatable bonds is 28. The van der Waals surface area contributed by atoms with Gasteiger partial charge in [-0.05, 0) is 57.8 Å². The number of hydrogen-bond donors (Lipinski definition) is 3. The number of unbranched alkanes of at least 4 members (excludes halogenated alkanes) is 7. The summed E-state index contributed by atoms with van der Waals surface area (Å²) in [6.45, 7) is 4.50. The Bertz CT molecular complexity index is 907. The molecule has 0 aromatic heterocycles. The zero-order valence-corrected chi connectivity index (χ0v) is 29.3. The maximum Gasteiger partial charge on any atom is 0.472 e. The molecule has 0 spiro atoms. The van der Waals surface area contributed by atoms with Gasteiger partial charge in [-0.1, -0.05) is 100 Å². The van der Waals surface area contributed by atoms with Crippen molar-refractivity contribution >= 4 is 13.7 Å². The highest BCUT2D eigenvalue weighted by molar-refractivity contribution is 7.47. The molecule has 0 aromatic carbocycles. The third kappa shape index (κ3) is 28.9. The second-order valence-corrected chi connectivity index (χ2v) is 13.6. The Morgan fingerprint density at radius 1 is 0.795 bits per heavy atom. The molecule has 0 radical (unpaired) electrons. The van der Waals surface area contributed by atoms with Crippen LogP contribution in [-0.4, -0.2) is 73.4 Å². The first kappa shape index (κ1) is 42.2. The maximum absolute atomic E-state index is 12.7. The number of aliphatic hydroxyl groups is 1. The van der Waals surface area contributed by atoms with Crippen LogP contribution in [0, 0.1) is 0 Å². The number of aliphatic hydroxyl groups excluding tert-OH is 1. The van der Waals surface area contributed by atoms with E-state index >= 15 is 0 Å². The predicted molar refractivity (Wildman–Crippen MR) is 184 cm³/mol. The van der Waals surface area contributed by atoms with E-state index in [1.165, 1.54) is 0 Å². The van der Waals surface area contributed by atoms with Gasteiger partial charge in [0, 0.05) is 6.42 Å². The van der Waals surface area contributed by atoms with Gasteiger partial charge in [-0.3, -0.25) is 13.8 Å². The van der Waals surface area contributed by atoms with Crippen molar-refractivity contribution in [2.45, 2.75) is 116 Å². The molecule has 0 aromatic rings. The Morgan fingerprint density at radius 3 is 2.07 bits per heavy atom. The summed E-state index contributed by atoms with van der Waals surface area (Å²) in [4.78, 5) is 22.8. The molecule has 0 aliphatic carbocycles. The molecule has 0 rings (SSSR count). The van der Waals surface area contributed by atoms with Crippen molar-refractivity contribution in [1.29, 1.82) is 0 Å². The molecule has 3 unspecified atom stereocenters. The number of phosphoric ester groups is 1. The molecule has 0 aliphatic heterocycles. The van der Waals surface area contributed by atoms with E-state index in [2.05, 4.69) is 67.8 Å². The SMILES string of the molecule is CC/C=C\C/C=C\C/C=C\CCCCCCCC(=O)NC(COP(=O)(O)OCC[N+](C)(C)C)C(O)/C=C/CC/C=C/CCC. The summed E-state index contributed by atoms with van der Waals surface area (Å²) in [5.74, 6) is -0.214. The lowest BCUT2D eigenvalue weighted by molar-refractivity contribution is -0.870. The van der Waals surface area contributed by atoms with E-state index in [4.69, 9.17) is 9.05 Å². The average Bonchev–Trinajstić information content (AvgIpc) is 2.95. The number of carbonyl (C=O) groups excluding carboxylic acids is 1. The second kappa shape index (κ2) is 27.5. The van der Waals surface area contributed by atoms with Crippen LogP contribution in [0.5, 0.6) is 0 Å². The molecule has 3 atom stereocenters. The van der Waals surface area contributed by atoms with Gasteiger partial charge in [0.05, 0.1) is 39.9 Å². The number of quaternary nitrogens is 1. The van der Waals surface area contributed by atoms with E-state index in [0.29, 0.717) is 17.4 Å². The van der Waals surface area contributed by atoms with Crippen LogP contribution < -0.4 is 5.32 Å². The summed E-state index contributed by atoms with van der Waals surface area (Å²) < 4.78 is 23.2. The van der Waals surface area contributed by atoms with Crippen molar-refractivity contribution in [2.75, 3.05) is 40.9 Å². The highest BCUT2D eigenvalue weighted by atomic mass is 31.2. The standard InChI is InChI=1S/C35H63N2O6P/c1-6-8-10-12-14-15-16-17-18-19-20-21-23-25-27-29-35(39)36-33(34(38)28-26-24-22-13-11-9-7-2)32-43-44(40,41)42-31-30-37(3,4)5/h8,10-11,13-15,17-18,26,28,33-34,38H,6-7,9,12,16,19-25,27,29-32H2,1-5H3,(H-,36,39,40,41)/p+1/b10-8-,13-11+,15-14-,18-17-,28-26+. The third-order valence-corrected chi connectivity index (χ3v) is 7.69. The third-order valence-electron chi connectivity index (χ3n) is 6.70. The van der Waals surface area contributed by atoms with Crippen LogP contribution in [0.15, 0.2) is 60.8 Å². The van der Waals surface area contributed by atoms with Gasteiger partial charge >= 0.3 is 7.82 Å². The number of allylic oxidation sites excluding steroid dienone is 9. The van der Waals surface area contributed by atoms with E-state index in [1.807, 2.05) is 27.2 Å². The van der Waals surface area contributed by atoms with E-state index in [9.17, 15) is 19.4 Å². The van der Waals surface area contributed by atoms with E-state index in [1.54, 1.807) is 6.08 Å². The first-order chi connectivity index (χ1) is 21.0.